The number of nitrogens with zero attached hydrogens (tertiary/aromatic N) is 2. The third-order valence-electron chi connectivity index (χ3n) is 9.09. The summed E-state index contributed by atoms with van der Waals surface area (Å²) in [7, 11) is 2.75. The summed E-state index contributed by atoms with van der Waals surface area (Å²) >= 11 is 14.3. The minimum Gasteiger partial charge on any atom is -0.508 e. The minimum atomic E-state index is -2.01. The van der Waals surface area contributed by atoms with Crippen LogP contribution in [0, 0.1) is 17.8 Å². The molecule has 0 unspecified atom stereocenters. The van der Waals surface area contributed by atoms with E-state index in [4.69, 9.17) is 27.9 Å². The van der Waals surface area contributed by atoms with Gasteiger partial charge < -0.3 is 9.84 Å². The third-order valence-corrected chi connectivity index (χ3v) is 10.5. The molecule has 0 aromatic heterocycles. The molecule has 0 bridgehead atoms. The van der Waals surface area contributed by atoms with Gasteiger partial charge >= 0.3 is 0 Å². The second kappa shape index (κ2) is 9.16. The van der Waals surface area contributed by atoms with Crippen LogP contribution in [0.4, 0.5) is 5.69 Å². The maximum Gasteiger partial charge on any atom is 0.253 e. The van der Waals surface area contributed by atoms with Crippen molar-refractivity contribution in [3.05, 3.63) is 65.2 Å². The molecule has 1 saturated carbocycles. The lowest BCUT2D eigenvalue weighted by molar-refractivity contribution is -0.138. The Bertz CT molecular complexity index is 1590. The highest BCUT2D eigenvalue weighted by Crippen LogP contribution is 2.66. The normalized spacial score (nSPS) is 32.5. The minimum absolute atomic E-state index is 0.148. The molecule has 2 aromatic rings. The van der Waals surface area contributed by atoms with E-state index in [0.717, 1.165) is 9.80 Å². The summed E-state index contributed by atoms with van der Waals surface area (Å²) in [5.74, 6) is -5.66. The Morgan fingerprint density at radius 2 is 1.68 bits per heavy atom. The van der Waals surface area contributed by atoms with Gasteiger partial charge in [-0.2, -0.15) is 0 Å². The van der Waals surface area contributed by atoms with Crippen LogP contribution in [0.25, 0.3) is 0 Å². The summed E-state index contributed by atoms with van der Waals surface area (Å²) in [4.78, 5) is 64.6. The summed E-state index contributed by atoms with van der Waals surface area (Å²) in [5.41, 5.74) is 1.56. The molecular weight excluding hydrogens is 571 g/mol. The van der Waals surface area contributed by atoms with Crippen molar-refractivity contribution in [2.24, 2.45) is 17.8 Å². The van der Waals surface area contributed by atoms with Gasteiger partial charge in [0.1, 0.15) is 11.5 Å². The number of imide groups is 2. The number of ketones is 1. The molecule has 11 heteroatoms. The lowest BCUT2D eigenvalue weighted by atomic mass is 9.56. The lowest BCUT2D eigenvalue weighted by Crippen LogP contribution is -2.60. The van der Waals surface area contributed by atoms with Crippen LogP contribution < -0.4 is 9.64 Å². The van der Waals surface area contributed by atoms with Gasteiger partial charge in [-0.25, -0.2) is 0 Å². The van der Waals surface area contributed by atoms with Gasteiger partial charge in [0.2, 0.25) is 11.8 Å². The number of benzene rings is 2. The Labute approximate surface area is 245 Å². The first kappa shape index (κ1) is 27.5. The molecule has 1 N–H and O–H groups in total. The molecule has 4 amide bonds. The molecule has 2 aromatic carbocycles. The highest BCUT2D eigenvalue weighted by molar-refractivity contribution is 6.53. The van der Waals surface area contributed by atoms with Gasteiger partial charge in [0.15, 0.2) is 15.5 Å². The number of methoxy groups -OCH3 is 1. The molecule has 2 aliphatic heterocycles. The Kier molecular flexibility index (Phi) is 6.14. The number of rotatable bonds is 4. The number of phenolic OH excluding ortho intramolecular Hbond substituents is 1. The average molecular weight is 597 g/mol. The molecular formula is C30H26Cl2N2O7. The van der Waals surface area contributed by atoms with E-state index in [1.807, 2.05) is 0 Å². The van der Waals surface area contributed by atoms with E-state index in [1.54, 1.807) is 36.4 Å². The van der Waals surface area contributed by atoms with Crippen molar-refractivity contribution in [2.45, 2.75) is 35.4 Å². The second-order valence-electron chi connectivity index (χ2n) is 11.0. The molecule has 6 rings (SSSR count). The van der Waals surface area contributed by atoms with Crippen molar-refractivity contribution in [2.75, 3.05) is 19.1 Å². The lowest BCUT2D eigenvalue weighted by Gasteiger charge is -2.50. The summed E-state index contributed by atoms with van der Waals surface area (Å²) in [5, 5.41) is 11.0. The summed E-state index contributed by atoms with van der Waals surface area (Å²) in [6, 6.07) is 10.7. The predicted octanol–water partition coefficient (Wildman–Crippen LogP) is 3.80. The second-order valence-corrected chi connectivity index (χ2v) is 12.3. The van der Waals surface area contributed by atoms with Gasteiger partial charge in [-0.05, 0) is 68.1 Å². The number of Topliss-reactive ketones (excluding diaryl/α,β-unsaturated/α-hetero) is 1. The van der Waals surface area contributed by atoms with Crippen LogP contribution in [0.1, 0.15) is 41.6 Å². The highest BCUT2D eigenvalue weighted by atomic mass is 35.5. The zero-order valence-corrected chi connectivity index (χ0v) is 23.9. The quantitative estimate of drug-likeness (QED) is 0.246. The van der Waals surface area contributed by atoms with Crippen LogP contribution in [-0.4, -0.2) is 63.3 Å². The van der Waals surface area contributed by atoms with Gasteiger partial charge in [0, 0.05) is 24.1 Å². The highest BCUT2D eigenvalue weighted by Gasteiger charge is 2.76. The van der Waals surface area contributed by atoms with Crippen LogP contribution in [0.3, 0.4) is 0 Å². The van der Waals surface area contributed by atoms with Crippen LogP contribution in [0.5, 0.6) is 11.5 Å². The fourth-order valence-electron chi connectivity index (χ4n) is 7.08. The van der Waals surface area contributed by atoms with Crippen molar-refractivity contribution in [3.63, 3.8) is 0 Å². The van der Waals surface area contributed by atoms with Gasteiger partial charge in [0.25, 0.3) is 11.8 Å². The Morgan fingerprint density at radius 3 is 2.32 bits per heavy atom. The van der Waals surface area contributed by atoms with Crippen molar-refractivity contribution < 1.29 is 33.8 Å². The fourth-order valence-corrected chi connectivity index (χ4v) is 8.09. The van der Waals surface area contributed by atoms with Gasteiger partial charge in [-0.1, -0.05) is 11.6 Å². The molecule has 212 valence electrons. The maximum absolute atomic E-state index is 14.0. The van der Waals surface area contributed by atoms with Gasteiger partial charge in [-0.3, -0.25) is 33.8 Å². The van der Waals surface area contributed by atoms with Gasteiger partial charge in [0.05, 0.1) is 24.6 Å². The molecule has 2 saturated heterocycles. The smallest absolute Gasteiger partial charge is 0.253 e. The van der Waals surface area contributed by atoms with E-state index in [9.17, 15) is 29.1 Å². The van der Waals surface area contributed by atoms with E-state index in [0.29, 0.717) is 22.6 Å². The fraction of sp³-hybridized carbons (Fsp3) is 0.367. The number of phenols is 1. The van der Waals surface area contributed by atoms with Crippen molar-refractivity contribution in [1.29, 1.82) is 0 Å². The van der Waals surface area contributed by atoms with Crippen LogP contribution in [0.2, 0.25) is 0 Å². The molecule has 9 nitrogen and oxygen atoms in total. The number of carbonyl (C=O) groups excluding carboxylic acids is 5. The van der Waals surface area contributed by atoms with Crippen LogP contribution >= 0.6 is 23.2 Å². The number of allylic oxidation sites excluding steroid dienone is 2. The zero-order valence-electron chi connectivity index (χ0n) is 22.4. The van der Waals surface area contributed by atoms with E-state index in [-0.39, 0.29) is 29.9 Å². The van der Waals surface area contributed by atoms with Crippen molar-refractivity contribution in [1.82, 2.24) is 4.90 Å². The average Bonchev–Trinajstić information content (AvgIpc) is 3.28. The van der Waals surface area contributed by atoms with Crippen molar-refractivity contribution >= 4 is 58.3 Å². The summed E-state index contributed by atoms with van der Waals surface area (Å²) in [6.07, 6.45) is 1.82. The van der Waals surface area contributed by atoms with E-state index in [2.05, 4.69) is 0 Å². The number of fused-ring (bicyclic) bond motifs is 4. The monoisotopic (exact) mass is 596 g/mol. The summed E-state index contributed by atoms with van der Waals surface area (Å²) in [6.45, 7) is 1.42. The molecule has 2 heterocycles. The van der Waals surface area contributed by atoms with Crippen molar-refractivity contribution in [3.8, 4) is 11.5 Å². The molecule has 6 atom stereocenters. The Morgan fingerprint density at radius 1 is 1.00 bits per heavy atom. The largest absolute Gasteiger partial charge is 0.508 e. The van der Waals surface area contributed by atoms with Gasteiger partial charge in [-0.15, -0.1) is 23.2 Å². The number of aromatic hydroxyl groups is 1. The number of anilines is 1. The number of halogens is 2. The number of hydrogen-bond donors (Lipinski definition) is 1. The predicted molar refractivity (Wildman–Crippen MR) is 149 cm³/mol. The number of ether oxygens (including phenoxy) is 1. The number of hydrogen-bond acceptors (Lipinski definition) is 7. The first-order valence-corrected chi connectivity index (χ1v) is 13.9. The summed E-state index contributed by atoms with van der Waals surface area (Å²) < 4.78 is 5.37. The molecule has 0 spiro atoms. The number of likely N-dealkylation sites (tertiary alicyclic amines) is 1. The van der Waals surface area contributed by atoms with Crippen LogP contribution in [-0.2, 0) is 19.2 Å². The van der Waals surface area contributed by atoms with E-state index < -0.39 is 57.0 Å². The van der Waals surface area contributed by atoms with E-state index in [1.165, 1.54) is 33.2 Å². The number of amides is 4. The number of alkyl halides is 2. The van der Waals surface area contributed by atoms with E-state index >= 15 is 0 Å². The molecule has 2 aliphatic carbocycles. The first-order valence-electron chi connectivity index (χ1n) is 13.1. The maximum atomic E-state index is 14.0. The molecule has 0 radical (unpaired) electrons. The van der Waals surface area contributed by atoms with Crippen LogP contribution in [0.15, 0.2) is 54.1 Å². The SMILES string of the molecule is COc1ccc(O)c([C@H]2C3=CC[C@@H]4C(=O)N(c5ccc(C(C)=O)cc5)C(=O)[C@@H]4[C@@H]3C[C@@]3(Cl)C(=O)N(C)C(=O)[C@@]23Cl)c1. The first-order chi connectivity index (χ1) is 19.4. The molecule has 41 heavy (non-hydrogen) atoms. The molecule has 4 aliphatic rings. The molecule has 3 fully saturated rings. The standard InChI is InChI=1S/C30H26Cl2N2O7/c1-14(35)15-4-6-16(7-5-15)34-25(37)19-10-9-18-21(23(19)26(34)38)13-29(31)27(39)33(2)28(40)30(29,32)24(18)20-12-17(41-3)8-11-22(20)36/h4-9,11-12,19,21,23-24,36H,10,13H2,1-3H3/t19-,21+,23-,24+,29+,30-/m0/s1. The Balaban J connectivity index is 1.50. The number of carbonyl (C=O) groups is 5. The topological polar surface area (TPSA) is 121 Å². The third kappa shape index (κ3) is 3.51. The zero-order chi connectivity index (χ0) is 29.6. The Hall–Kier alpha value is -3.69.